The van der Waals surface area contributed by atoms with Crippen LogP contribution in [0.25, 0.3) is 16.7 Å². The maximum atomic E-state index is 12.8. The number of nitrogens with zero attached hydrogens (tertiary/aromatic N) is 1. The fraction of sp³-hybridized carbons (Fsp3) is 0.0909. The molecule has 2 aromatic carbocycles. The molecule has 0 radical (unpaired) electrons. The third-order valence-electron chi connectivity index (χ3n) is 4.80. The van der Waals surface area contributed by atoms with E-state index < -0.39 is 21.6 Å². The number of methoxy groups -OCH3 is 1. The van der Waals surface area contributed by atoms with Crippen LogP contribution < -0.4 is 4.74 Å². The Labute approximate surface area is 168 Å². The van der Waals surface area contributed by atoms with Gasteiger partial charge in [-0.1, -0.05) is 42.5 Å². The molecule has 4 rings (SSSR count). The number of hydrogen-bond acceptors (Lipinski definition) is 5. The van der Waals surface area contributed by atoms with Gasteiger partial charge >= 0.3 is 0 Å². The molecule has 3 aromatic rings. The normalized spacial score (nSPS) is 13.8. The first-order valence-electron chi connectivity index (χ1n) is 8.77. The van der Waals surface area contributed by atoms with Crippen molar-refractivity contribution < 1.29 is 22.7 Å². The fourth-order valence-corrected chi connectivity index (χ4v) is 4.26. The number of benzene rings is 2. The zero-order chi connectivity index (χ0) is 20.8. The number of fused-ring (bicyclic) bond motifs is 1. The number of allylic oxidation sites excluding steroid dienone is 1. The molecule has 0 fully saturated rings. The Balaban J connectivity index is 2.05. The van der Waals surface area contributed by atoms with Crippen LogP contribution >= 0.6 is 0 Å². The minimum atomic E-state index is -3.74. The molecule has 1 aromatic heterocycles. The highest BCUT2D eigenvalue weighted by atomic mass is 32.2. The highest BCUT2D eigenvalue weighted by Gasteiger charge is 2.35. The largest absolute Gasteiger partial charge is 0.497 e. The Morgan fingerprint density at radius 3 is 2.14 bits per heavy atom. The van der Waals surface area contributed by atoms with Crippen LogP contribution in [0.15, 0.2) is 66.9 Å². The monoisotopic (exact) mass is 407 g/mol. The van der Waals surface area contributed by atoms with Gasteiger partial charge in [-0.2, -0.15) is 0 Å². The number of hydrogen-bond donors (Lipinski definition) is 0. The van der Waals surface area contributed by atoms with Crippen molar-refractivity contribution in [3.63, 3.8) is 0 Å². The Morgan fingerprint density at radius 2 is 1.55 bits per heavy atom. The molecule has 0 atom stereocenters. The van der Waals surface area contributed by atoms with Crippen molar-refractivity contribution in [2.75, 3.05) is 13.4 Å². The second kappa shape index (κ2) is 6.86. The lowest BCUT2D eigenvalue weighted by Crippen LogP contribution is -2.22. The fourth-order valence-electron chi connectivity index (χ4n) is 3.44. The summed E-state index contributed by atoms with van der Waals surface area (Å²) in [5, 5.41) is 0. The van der Waals surface area contributed by atoms with E-state index in [2.05, 4.69) is 0 Å². The van der Waals surface area contributed by atoms with E-state index in [0.29, 0.717) is 28.0 Å². The van der Waals surface area contributed by atoms with Gasteiger partial charge in [0.2, 0.25) is 21.6 Å². The molecule has 0 saturated heterocycles. The van der Waals surface area contributed by atoms with Crippen molar-refractivity contribution in [2.24, 2.45) is 0 Å². The molecule has 7 heteroatoms. The molecule has 1 aliphatic rings. The van der Waals surface area contributed by atoms with Crippen LogP contribution in [0.4, 0.5) is 0 Å². The molecule has 6 nitrogen and oxygen atoms in total. The summed E-state index contributed by atoms with van der Waals surface area (Å²) < 4.78 is 31.3. The van der Waals surface area contributed by atoms with E-state index in [1.165, 1.54) is 19.4 Å². The summed E-state index contributed by atoms with van der Waals surface area (Å²) in [4.78, 5) is 25.3. The van der Waals surface area contributed by atoms with Crippen molar-refractivity contribution in [1.82, 2.24) is 3.97 Å². The van der Waals surface area contributed by atoms with E-state index in [1.54, 1.807) is 48.5 Å². The van der Waals surface area contributed by atoms with Crippen LogP contribution in [0.2, 0.25) is 0 Å². The van der Waals surface area contributed by atoms with Gasteiger partial charge in [-0.3, -0.25) is 9.59 Å². The van der Waals surface area contributed by atoms with Gasteiger partial charge in [0.15, 0.2) is 0 Å². The van der Waals surface area contributed by atoms with Gasteiger partial charge < -0.3 is 4.74 Å². The number of ketones is 2. The summed E-state index contributed by atoms with van der Waals surface area (Å²) in [7, 11) is -2.20. The van der Waals surface area contributed by atoms with E-state index in [9.17, 15) is 18.0 Å². The number of ether oxygens (including phenoxy) is 1. The Hall–Kier alpha value is -3.45. The lowest BCUT2D eigenvalue weighted by atomic mass is 9.87. The quantitative estimate of drug-likeness (QED) is 0.621. The zero-order valence-corrected chi connectivity index (χ0v) is 16.6. The summed E-state index contributed by atoms with van der Waals surface area (Å²) in [6.07, 6.45) is 3.67. The summed E-state index contributed by atoms with van der Waals surface area (Å²) in [6, 6.07) is 15.8. The van der Waals surface area contributed by atoms with Gasteiger partial charge in [0.25, 0.3) is 0 Å². The topological polar surface area (TPSA) is 82.4 Å². The number of Topliss-reactive ketones (excluding diaryl/α,β-unsaturated/α-hetero) is 1. The van der Waals surface area contributed by atoms with E-state index in [4.69, 9.17) is 4.74 Å². The number of aromatic nitrogens is 1. The molecule has 0 unspecified atom stereocenters. The first kappa shape index (κ1) is 18.9. The predicted octanol–water partition coefficient (Wildman–Crippen LogP) is 3.17. The van der Waals surface area contributed by atoms with Crippen molar-refractivity contribution in [1.29, 1.82) is 0 Å². The zero-order valence-electron chi connectivity index (χ0n) is 15.7. The Bertz CT molecular complexity index is 1270. The molecule has 29 heavy (non-hydrogen) atoms. The molecule has 0 aliphatic heterocycles. The molecule has 0 spiro atoms. The van der Waals surface area contributed by atoms with Crippen LogP contribution in [0.3, 0.4) is 0 Å². The molecule has 0 saturated carbocycles. The second-order valence-corrected chi connectivity index (χ2v) is 8.53. The van der Waals surface area contributed by atoms with Gasteiger partial charge in [0.05, 0.1) is 24.6 Å². The summed E-state index contributed by atoms with van der Waals surface area (Å²) in [6.45, 7) is 0. The van der Waals surface area contributed by atoms with Gasteiger partial charge in [-0.05, 0) is 29.3 Å². The molecule has 1 heterocycles. The van der Waals surface area contributed by atoms with Gasteiger partial charge in [-0.15, -0.1) is 0 Å². The molecular formula is C22H17NO5S. The van der Waals surface area contributed by atoms with Crippen molar-refractivity contribution in [2.45, 2.75) is 0 Å². The van der Waals surface area contributed by atoms with E-state index in [-0.39, 0.29) is 11.3 Å². The highest BCUT2D eigenvalue weighted by Crippen LogP contribution is 2.39. The minimum absolute atomic E-state index is 0.0972. The maximum absolute atomic E-state index is 12.8. The first-order valence-corrected chi connectivity index (χ1v) is 10.6. The SMILES string of the molecule is COc1ccc(C2=CC(=O)C(=O)c3c(-c4ccccc4)cn(S(C)(=O)=O)c32)cc1. The summed E-state index contributed by atoms with van der Waals surface area (Å²) >= 11 is 0. The smallest absolute Gasteiger partial charge is 0.236 e. The first-order chi connectivity index (χ1) is 13.8. The summed E-state index contributed by atoms with van der Waals surface area (Å²) in [5.41, 5.74) is 2.34. The van der Waals surface area contributed by atoms with Crippen molar-refractivity contribution >= 4 is 27.2 Å². The van der Waals surface area contributed by atoms with Crippen molar-refractivity contribution in [3.8, 4) is 16.9 Å². The molecule has 1 aliphatic carbocycles. The molecule has 0 N–H and O–H groups in total. The molecular weight excluding hydrogens is 390 g/mol. The summed E-state index contributed by atoms with van der Waals surface area (Å²) in [5.74, 6) is -0.790. The van der Waals surface area contributed by atoms with Crippen LogP contribution in [0.5, 0.6) is 5.75 Å². The van der Waals surface area contributed by atoms with Crippen LogP contribution in [0, 0.1) is 0 Å². The number of rotatable bonds is 4. The van der Waals surface area contributed by atoms with Gasteiger partial charge in [-0.25, -0.2) is 12.4 Å². The average Bonchev–Trinajstić information content (AvgIpc) is 3.13. The number of carbonyl (C=O) groups excluding carboxylic acids is 2. The molecule has 0 amide bonds. The third kappa shape index (κ3) is 3.19. The maximum Gasteiger partial charge on any atom is 0.236 e. The van der Waals surface area contributed by atoms with E-state index in [1.807, 2.05) is 6.07 Å². The van der Waals surface area contributed by atoms with Gasteiger partial charge in [0.1, 0.15) is 5.75 Å². The Morgan fingerprint density at radius 1 is 0.897 bits per heavy atom. The molecule has 0 bridgehead atoms. The average molecular weight is 407 g/mol. The lowest BCUT2D eigenvalue weighted by Gasteiger charge is -2.17. The van der Waals surface area contributed by atoms with Crippen LogP contribution in [-0.4, -0.2) is 37.3 Å². The molecule has 146 valence electrons. The highest BCUT2D eigenvalue weighted by molar-refractivity contribution is 7.89. The number of carbonyl (C=O) groups is 2. The van der Waals surface area contributed by atoms with Crippen LogP contribution in [-0.2, 0) is 14.8 Å². The predicted molar refractivity (Wildman–Crippen MR) is 110 cm³/mol. The van der Waals surface area contributed by atoms with Crippen molar-refractivity contribution in [3.05, 3.63) is 83.7 Å². The Kier molecular flexibility index (Phi) is 4.47. The van der Waals surface area contributed by atoms with E-state index in [0.717, 1.165) is 10.2 Å². The van der Waals surface area contributed by atoms with E-state index >= 15 is 0 Å². The standard InChI is InChI=1S/C22H17NO5S/c1-28-16-10-8-15(9-11-16)17-12-19(24)22(25)20-18(14-6-4-3-5-7-14)13-23(21(17)20)29(2,26)27/h3-13H,1-2H3. The van der Waals surface area contributed by atoms with Gasteiger partial charge in [0, 0.05) is 17.3 Å². The lowest BCUT2D eigenvalue weighted by molar-refractivity contribution is -0.111. The third-order valence-corrected chi connectivity index (χ3v) is 5.80. The van der Waals surface area contributed by atoms with Crippen LogP contribution in [0.1, 0.15) is 21.6 Å². The second-order valence-electron chi connectivity index (χ2n) is 6.67. The minimum Gasteiger partial charge on any atom is -0.497 e.